The van der Waals surface area contributed by atoms with Gasteiger partial charge in [-0.25, -0.2) is 4.98 Å². The fourth-order valence-electron chi connectivity index (χ4n) is 14.7. The molecule has 0 saturated heterocycles. The van der Waals surface area contributed by atoms with E-state index < -0.39 is 0 Å². The van der Waals surface area contributed by atoms with Crippen molar-refractivity contribution >= 4 is 115 Å². The molecule has 0 atom stereocenters. The third-order valence-corrected chi connectivity index (χ3v) is 18.2. The quantitative estimate of drug-likeness (QED) is 0.157. The van der Waals surface area contributed by atoms with Crippen molar-refractivity contribution in [3.8, 4) is 50.7 Å². The number of rotatable bonds is 7. The Morgan fingerprint density at radius 3 is 1.16 bits per heavy atom. The van der Waals surface area contributed by atoms with Crippen LogP contribution >= 0.6 is 0 Å². The van der Waals surface area contributed by atoms with Crippen molar-refractivity contribution < 1.29 is 0 Å². The summed E-state index contributed by atoms with van der Waals surface area (Å²) in [5, 5.41) is 9.57. The summed E-state index contributed by atoms with van der Waals surface area (Å²) >= 11 is 0. The van der Waals surface area contributed by atoms with Crippen molar-refractivity contribution in [3.63, 3.8) is 0 Å². The second-order valence-electron chi connectivity index (χ2n) is 22.6. The highest BCUT2D eigenvalue weighted by Gasteiger charge is 2.27. The third kappa shape index (κ3) is 6.42. The van der Waals surface area contributed by atoms with E-state index in [2.05, 4.69) is 324 Å². The van der Waals surface area contributed by atoms with Gasteiger partial charge < -0.3 is 18.3 Å². The first kappa shape index (κ1) is 46.9. The molecule has 0 aliphatic rings. The number of fused-ring (bicyclic) bond motifs is 18. The number of benzene rings is 13. The molecule has 6 heterocycles. The molecule has 13 aromatic carbocycles. The van der Waals surface area contributed by atoms with Crippen LogP contribution in [0.25, 0.3) is 166 Å². The number of imidazole rings is 2. The van der Waals surface area contributed by atoms with Gasteiger partial charge in [0.05, 0.1) is 77.7 Å². The van der Waals surface area contributed by atoms with Gasteiger partial charge in [-0.05, 0) is 103 Å². The molecule has 7 heteroatoms. The summed E-state index contributed by atoms with van der Waals surface area (Å²) in [6.07, 6.45) is 0. The lowest BCUT2D eigenvalue weighted by atomic mass is 9.93. The maximum atomic E-state index is 5.69. The minimum Gasteiger partial charge on any atom is -0.309 e. The Morgan fingerprint density at radius 1 is 0.221 bits per heavy atom. The Kier molecular flexibility index (Phi) is 9.77. The largest absolute Gasteiger partial charge is 0.309 e. The molecule has 0 N–H and O–H groups in total. The second-order valence-corrected chi connectivity index (χ2v) is 22.6. The summed E-state index contributed by atoms with van der Waals surface area (Å²) in [5.74, 6) is 0.879. The molecule has 0 saturated carbocycles. The smallest absolute Gasteiger partial charge is 0.220 e. The molecular formula is C79H49N7. The Hall–Kier alpha value is -11.7. The SMILES string of the molecule is c1ccc(-n2c3ccccc3n3c4ccc5c6ccccc6n(-c6ccc7c(c6)c6ccccc6n7-c6c(-c7ccccc7-n7c8ccccc8c8ccccc87)cccc6-c6ccccc6-n6c7ccccc7c7ccccc76)c5c4nc23)cc1. The lowest BCUT2D eigenvalue weighted by Gasteiger charge is -2.23. The van der Waals surface area contributed by atoms with Gasteiger partial charge >= 0.3 is 0 Å². The Balaban J connectivity index is 0.908. The summed E-state index contributed by atoms with van der Waals surface area (Å²) in [7, 11) is 0. The minimum atomic E-state index is 0.879. The lowest BCUT2D eigenvalue weighted by molar-refractivity contribution is 1.11. The van der Waals surface area contributed by atoms with Crippen molar-refractivity contribution in [1.82, 2.24) is 32.2 Å². The van der Waals surface area contributed by atoms with Crippen LogP contribution in [0.3, 0.4) is 0 Å². The summed E-state index contributed by atoms with van der Waals surface area (Å²) in [6, 6.07) is 109. The van der Waals surface area contributed by atoms with Crippen molar-refractivity contribution in [2.45, 2.75) is 0 Å². The molecule has 6 aromatic heterocycles. The number of hydrogen-bond acceptors (Lipinski definition) is 1. The molecular weight excluding hydrogens is 1050 g/mol. The van der Waals surface area contributed by atoms with Crippen LogP contribution in [0.4, 0.5) is 0 Å². The van der Waals surface area contributed by atoms with Gasteiger partial charge in [-0.1, -0.05) is 194 Å². The second kappa shape index (κ2) is 17.9. The first-order valence-electron chi connectivity index (χ1n) is 29.5. The average Bonchev–Trinajstić information content (AvgIpc) is 2.28. The standard InChI is InChI=1S/C79H49N7/c1-2-23-50(24-3-1)82-73-43-20-21-44-74(73)86-75-48-46-62-58-31-8-12-35-64(58)81(78(62)76(75)80-79(82)86)51-45-47-72-63(49-51)59-32-11-19-42-71(59)85(72)77-60(56-29-9-17-40-69(56)83-65-36-13-4-25-52(65)53-26-5-14-37-66(53)83)33-22-34-61(77)57-30-10-18-41-70(57)84-67-38-15-6-27-54(67)55-28-7-16-39-68(55)84/h1-49H. The molecule has 0 fully saturated rings. The van der Waals surface area contributed by atoms with Crippen molar-refractivity contribution in [1.29, 1.82) is 0 Å². The normalized spacial score (nSPS) is 12.2. The van der Waals surface area contributed by atoms with Crippen LogP contribution in [0, 0.1) is 0 Å². The van der Waals surface area contributed by atoms with E-state index in [1.54, 1.807) is 0 Å². The van der Waals surface area contributed by atoms with Crippen LogP contribution in [0.15, 0.2) is 297 Å². The van der Waals surface area contributed by atoms with Gasteiger partial charge in [-0.3, -0.25) is 8.97 Å². The molecule has 7 nitrogen and oxygen atoms in total. The molecule has 19 aromatic rings. The number of hydrogen-bond donors (Lipinski definition) is 0. The van der Waals surface area contributed by atoms with E-state index in [1.807, 2.05) is 0 Å². The van der Waals surface area contributed by atoms with E-state index in [-0.39, 0.29) is 0 Å². The Bertz CT molecular complexity index is 5750. The average molecular weight is 1100 g/mol. The maximum Gasteiger partial charge on any atom is 0.220 e. The van der Waals surface area contributed by atoms with Crippen LogP contribution in [-0.4, -0.2) is 32.2 Å². The zero-order valence-electron chi connectivity index (χ0n) is 46.4. The number of aromatic nitrogens is 7. The highest BCUT2D eigenvalue weighted by Crippen LogP contribution is 2.48. The fraction of sp³-hybridized carbons (Fsp3) is 0. The van der Waals surface area contributed by atoms with Gasteiger partial charge in [-0.15, -0.1) is 0 Å². The Labute approximate surface area is 492 Å². The lowest BCUT2D eigenvalue weighted by Crippen LogP contribution is -2.05. The fourth-order valence-corrected chi connectivity index (χ4v) is 14.7. The van der Waals surface area contributed by atoms with E-state index in [0.29, 0.717) is 0 Å². The van der Waals surface area contributed by atoms with Gasteiger partial charge in [-0.2, -0.15) is 0 Å². The Morgan fingerprint density at radius 2 is 0.616 bits per heavy atom. The minimum absolute atomic E-state index is 0.879. The molecule has 0 spiro atoms. The predicted molar refractivity (Wildman–Crippen MR) is 358 cm³/mol. The van der Waals surface area contributed by atoms with E-state index >= 15 is 0 Å². The number of nitrogens with zero attached hydrogens (tertiary/aromatic N) is 7. The maximum absolute atomic E-state index is 5.69. The molecule has 0 amide bonds. The van der Waals surface area contributed by atoms with Crippen molar-refractivity contribution in [2.75, 3.05) is 0 Å². The van der Waals surface area contributed by atoms with Gasteiger partial charge in [0.25, 0.3) is 0 Å². The van der Waals surface area contributed by atoms with Crippen molar-refractivity contribution in [3.05, 3.63) is 297 Å². The monoisotopic (exact) mass is 1100 g/mol. The number of para-hydroxylation sites is 12. The van der Waals surface area contributed by atoms with Crippen LogP contribution in [0.1, 0.15) is 0 Å². The first-order valence-corrected chi connectivity index (χ1v) is 29.5. The van der Waals surface area contributed by atoms with Gasteiger partial charge in [0.15, 0.2) is 0 Å². The molecule has 0 bridgehead atoms. The summed E-state index contributed by atoms with van der Waals surface area (Å²) in [6.45, 7) is 0. The molecule has 86 heavy (non-hydrogen) atoms. The van der Waals surface area contributed by atoms with Gasteiger partial charge in [0.1, 0.15) is 5.52 Å². The zero-order chi connectivity index (χ0) is 56.1. The molecule has 0 aliphatic carbocycles. The summed E-state index contributed by atoms with van der Waals surface area (Å²) in [4.78, 5) is 5.69. The van der Waals surface area contributed by atoms with Crippen LogP contribution in [0.2, 0.25) is 0 Å². The van der Waals surface area contributed by atoms with Crippen LogP contribution < -0.4 is 0 Å². The highest BCUT2D eigenvalue weighted by molar-refractivity contribution is 6.19. The van der Waals surface area contributed by atoms with Gasteiger partial charge in [0.2, 0.25) is 5.78 Å². The summed E-state index contributed by atoms with van der Waals surface area (Å²) < 4.78 is 14.6. The van der Waals surface area contributed by atoms with Crippen LogP contribution in [0.5, 0.6) is 0 Å². The topological polar surface area (TPSA) is 42.0 Å². The van der Waals surface area contributed by atoms with E-state index in [4.69, 9.17) is 4.98 Å². The van der Waals surface area contributed by atoms with E-state index in [0.717, 1.165) is 111 Å². The first-order chi connectivity index (χ1) is 42.7. The highest BCUT2D eigenvalue weighted by atomic mass is 15.2. The van der Waals surface area contributed by atoms with Crippen molar-refractivity contribution in [2.24, 2.45) is 0 Å². The zero-order valence-corrected chi connectivity index (χ0v) is 46.4. The molecule has 0 unspecified atom stereocenters. The van der Waals surface area contributed by atoms with Crippen LogP contribution in [-0.2, 0) is 0 Å². The third-order valence-electron chi connectivity index (χ3n) is 18.2. The van der Waals surface area contributed by atoms with E-state index in [1.165, 1.54) is 54.4 Å². The molecule has 19 rings (SSSR count). The predicted octanol–water partition coefficient (Wildman–Crippen LogP) is 20.2. The van der Waals surface area contributed by atoms with E-state index in [9.17, 15) is 0 Å². The summed E-state index contributed by atoms with van der Waals surface area (Å²) in [5.41, 5.74) is 23.3. The van der Waals surface area contributed by atoms with Gasteiger partial charge in [0, 0.05) is 76.7 Å². The molecule has 0 radical (unpaired) electrons. The molecule has 0 aliphatic heterocycles. The molecule has 400 valence electrons.